The molecule has 2 aliphatic rings. The zero-order valence-corrected chi connectivity index (χ0v) is 19.5. The van der Waals surface area contributed by atoms with Crippen molar-refractivity contribution in [3.05, 3.63) is 63.0 Å². The van der Waals surface area contributed by atoms with E-state index in [9.17, 15) is 0 Å². The second-order valence-corrected chi connectivity index (χ2v) is 10.9. The third-order valence-corrected chi connectivity index (χ3v) is 4.59. The summed E-state index contributed by atoms with van der Waals surface area (Å²) in [7, 11) is 9.87. The van der Waals surface area contributed by atoms with Crippen LogP contribution in [0.4, 0.5) is 0 Å². The second kappa shape index (κ2) is 11.4. The molecule has 1 aliphatic heterocycles. The molecular formula is C19H28BCl2NZr+2. The van der Waals surface area contributed by atoms with E-state index >= 15 is 0 Å². The number of rotatable bonds is 5. The Hall–Kier alpha value is 1.49. The zero-order chi connectivity index (χ0) is 18.3. The normalized spacial score (nSPS) is 20.5. The van der Waals surface area contributed by atoms with Crippen molar-refractivity contribution in [1.82, 2.24) is 4.81 Å². The fourth-order valence-corrected chi connectivity index (χ4v) is 3.38. The summed E-state index contributed by atoms with van der Waals surface area (Å²) in [5.74, 6) is 2.77. The van der Waals surface area contributed by atoms with Crippen LogP contribution in [-0.2, 0) is 20.8 Å². The van der Waals surface area contributed by atoms with Crippen molar-refractivity contribution in [3.63, 3.8) is 0 Å². The summed E-state index contributed by atoms with van der Waals surface area (Å²) in [5.41, 5.74) is 0.0714. The van der Waals surface area contributed by atoms with Gasteiger partial charge in [0, 0.05) is 0 Å². The summed E-state index contributed by atoms with van der Waals surface area (Å²) in [6.07, 6.45) is 18.0. The molecule has 1 nitrogen and oxygen atoms in total. The summed E-state index contributed by atoms with van der Waals surface area (Å²) < 4.78 is 0. The molecule has 2 rings (SSSR count). The van der Waals surface area contributed by atoms with Gasteiger partial charge in [0.25, 0.3) is 0 Å². The van der Waals surface area contributed by atoms with Crippen LogP contribution in [0.1, 0.15) is 41.5 Å². The van der Waals surface area contributed by atoms with E-state index in [2.05, 4.69) is 97.5 Å². The van der Waals surface area contributed by atoms with Gasteiger partial charge in [0.2, 0.25) is 6.85 Å². The Balaban J connectivity index is 0.000000891. The maximum atomic E-state index is 4.93. The third-order valence-electron chi connectivity index (χ3n) is 4.59. The Morgan fingerprint density at radius 3 is 1.62 bits per heavy atom. The van der Waals surface area contributed by atoms with Crippen LogP contribution in [0.2, 0.25) is 0 Å². The molecule has 128 valence electrons. The number of halogens is 2. The molecule has 1 aliphatic carbocycles. The molecule has 5 heteroatoms. The van der Waals surface area contributed by atoms with E-state index in [1.54, 1.807) is 0 Å². The fourth-order valence-electron chi connectivity index (χ4n) is 3.38. The topological polar surface area (TPSA) is 3.24 Å². The number of hydrogen-bond acceptors (Lipinski definition) is 1. The summed E-state index contributed by atoms with van der Waals surface area (Å²) in [6, 6.07) is 1.10. The molecule has 0 aromatic carbocycles. The summed E-state index contributed by atoms with van der Waals surface area (Å²) in [6.45, 7) is 14.1. The van der Waals surface area contributed by atoms with Crippen molar-refractivity contribution in [3.8, 4) is 0 Å². The standard InChI is InChI=1S/C19H28BN.2ClH.Zr/c1-15(2)21(16(3)4)20-13-11-18(12-14-20)19(5,6)17-9-7-8-10-17;;;/h7-16H,1-6H3;2*1H;/q;;;+4/p-2. The van der Waals surface area contributed by atoms with Crippen molar-refractivity contribution in [2.75, 3.05) is 0 Å². The van der Waals surface area contributed by atoms with E-state index < -0.39 is 20.8 Å². The number of nitrogens with zero attached hydrogens (tertiary/aromatic N) is 1. The molecule has 1 heterocycles. The Morgan fingerprint density at radius 2 is 1.25 bits per heavy atom. The molecule has 0 bridgehead atoms. The van der Waals surface area contributed by atoms with Gasteiger partial charge in [-0.15, -0.1) is 0 Å². The maximum absolute atomic E-state index is 4.93. The van der Waals surface area contributed by atoms with Crippen LogP contribution < -0.4 is 0 Å². The van der Waals surface area contributed by atoms with Gasteiger partial charge in [-0.1, -0.05) is 41.5 Å². The van der Waals surface area contributed by atoms with Crippen molar-refractivity contribution < 1.29 is 20.8 Å². The van der Waals surface area contributed by atoms with Gasteiger partial charge in [-0.25, -0.2) is 0 Å². The van der Waals surface area contributed by atoms with Gasteiger partial charge >= 0.3 is 37.9 Å². The molecule has 2 fully saturated rings. The molecule has 0 atom stereocenters. The van der Waals surface area contributed by atoms with Crippen LogP contribution in [0, 0.1) is 68.4 Å². The quantitative estimate of drug-likeness (QED) is 0.516. The Bertz CT molecular complexity index is 330. The van der Waals surface area contributed by atoms with E-state index in [-0.39, 0.29) is 5.41 Å². The molecule has 1 saturated carbocycles. The van der Waals surface area contributed by atoms with Crippen molar-refractivity contribution >= 4 is 23.9 Å². The van der Waals surface area contributed by atoms with E-state index in [0.717, 1.165) is 0 Å². The zero-order valence-electron chi connectivity index (χ0n) is 15.6. The van der Waals surface area contributed by atoms with Crippen LogP contribution in [-0.4, -0.2) is 23.7 Å². The monoisotopic (exact) mass is 441 g/mol. The van der Waals surface area contributed by atoms with E-state index in [0.29, 0.717) is 18.9 Å². The molecule has 0 amide bonds. The molecular weight excluding hydrogens is 415 g/mol. The Labute approximate surface area is 170 Å². The third kappa shape index (κ3) is 6.58. The van der Waals surface area contributed by atoms with Gasteiger partial charge in [-0.05, 0) is 80.5 Å². The Kier molecular flexibility index (Phi) is 11.1. The first-order valence-corrected chi connectivity index (χ1v) is 14.8. The van der Waals surface area contributed by atoms with Crippen LogP contribution in [0.15, 0.2) is 0 Å². The second-order valence-electron chi connectivity index (χ2n) is 7.17. The first-order valence-electron chi connectivity index (χ1n) is 8.45. The minimum atomic E-state index is -0.826. The fraction of sp³-hybridized carbons (Fsp3) is 0.474. The van der Waals surface area contributed by atoms with E-state index in [1.165, 1.54) is 11.8 Å². The number of hydrogen-bond donors (Lipinski definition) is 0. The van der Waals surface area contributed by atoms with Crippen molar-refractivity contribution in [2.45, 2.75) is 53.6 Å². The summed E-state index contributed by atoms with van der Waals surface area (Å²) in [4.78, 5) is 2.54. The molecule has 24 heavy (non-hydrogen) atoms. The molecule has 10 radical (unpaired) electrons. The van der Waals surface area contributed by atoms with Gasteiger partial charge in [-0.2, -0.15) is 0 Å². The van der Waals surface area contributed by atoms with Gasteiger partial charge < -0.3 is 4.81 Å². The average Bonchev–Trinajstić information content (AvgIpc) is 3.03. The van der Waals surface area contributed by atoms with E-state index in [1.807, 2.05) is 0 Å². The first kappa shape index (κ1) is 23.5. The van der Waals surface area contributed by atoms with Crippen LogP contribution in [0.5, 0.6) is 0 Å². The van der Waals surface area contributed by atoms with Crippen molar-refractivity contribution in [2.24, 2.45) is 5.41 Å². The SMILES string of the molecule is CC(C)N(B1[CH][CH][C](C(C)(C)[C]2[CH][CH][CH][CH]2)[CH][CH]1)C(C)C.[Cl][Zr+2][Cl]. The molecule has 0 spiro atoms. The van der Waals surface area contributed by atoms with Crippen LogP contribution in [0.3, 0.4) is 0 Å². The van der Waals surface area contributed by atoms with E-state index in [4.69, 9.17) is 17.0 Å². The predicted molar refractivity (Wildman–Crippen MR) is 104 cm³/mol. The first-order chi connectivity index (χ1) is 11.3. The van der Waals surface area contributed by atoms with Gasteiger partial charge in [0.15, 0.2) is 0 Å². The minimum absolute atomic E-state index is 0.0714. The molecule has 0 unspecified atom stereocenters. The van der Waals surface area contributed by atoms with Gasteiger partial charge in [-0.3, -0.25) is 0 Å². The Morgan fingerprint density at radius 1 is 0.875 bits per heavy atom. The summed E-state index contributed by atoms with van der Waals surface area (Å²) >= 11 is -0.826. The van der Waals surface area contributed by atoms with Gasteiger partial charge in [0.1, 0.15) is 0 Å². The van der Waals surface area contributed by atoms with Crippen molar-refractivity contribution in [1.29, 1.82) is 0 Å². The molecule has 0 aromatic rings. The molecule has 0 aromatic heterocycles. The van der Waals surface area contributed by atoms with Crippen LogP contribution in [0.25, 0.3) is 0 Å². The summed E-state index contributed by atoms with van der Waals surface area (Å²) in [5, 5.41) is 0. The van der Waals surface area contributed by atoms with Crippen LogP contribution >= 0.6 is 17.0 Å². The molecule has 0 N–H and O–H groups in total. The predicted octanol–water partition coefficient (Wildman–Crippen LogP) is 5.39. The molecule has 1 saturated heterocycles. The van der Waals surface area contributed by atoms with Gasteiger partial charge in [0.05, 0.1) is 0 Å². The average molecular weight is 443 g/mol.